The quantitative estimate of drug-likeness (QED) is 0.843. The number of carboxylic acids is 1. The van der Waals surface area contributed by atoms with E-state index in [9.17, 15) is 9.59 Å². The first kappa shape index (κ1) is 17.3. The zero-order chi connectivity index (χ0) is 16.7. The van der Waals surface area contributed by atoms with Gasteiger partial charge >= 0.3 is 12.0 Å². The Morgan fingerprint density at radius 2 is 2.09 bits per heavy atom. The van der Waals surface area contributed by atoms with Gasteiger partial charge in [-0.05, 0) is 37.5 Å². The average Bonchev–Trinajstić information content (AvgIpc) is 2.58. The number of carbonyl (C=O) groups is 2. The number of hydrogen-bond donors (Lipinski definition) is 2. The van der Waals surface area contributed by atoms with Crippen molar-refractivity contribution in [1.29, 1.82) is 0 Å². The van der Waals surface area contributed by atoms with Crippen LogP contribution in [0.25, 0.3) is 0 Å². The molecule has 6 nitrogen and oxygen atoms in total. The van der Waals surface area contributed by atoms with E-state index >= 15 is 0 Å². The third kappa shape index (κ3) is 5.25. The highest BCUT2D eigenvalue weighted by atomic mass is 16.5. The van der Waals surface area contributed by atoms with E-state index < -0.39 is 5.97 Å². The first-order chi connectivity index (χ1) is 11.1. The van der Waals surface area contributed by atoms with Crippen LogP contribution in [0.5, 0.6) is 0 Å². The predicted molar refractivity (Wildman–Crippen MR) is 86.4 cm³/mol. The fourth-order valence-electron chi connectivity index (χ4n) is 2.72. The topological polar surface area (TPSA) is 78.9 Å². The van der Waals surface area contributed by atoms with Crippen LogP contribution in [0.3, 0.4) is 0 Å². The number of amides is 2. The molecule has 1 fully saturated rings. The molecule has 0 saturated carbocycles. The van der Waals surface area contributed by atoms with E-state index in [0.717, 1.165) is 31.5 Å². The van der Waals surface area contributed by atoms with E-state index in [1.54, 1.807) is 24.3 Å². The van der Waals surface area contributed by atoms with Crippen LogP contribution in [0.1, 0.15) is 35.7 Å². The molecule has 2 N–H and O–H groups in total. The largest absolute Gasteiger partial charge is 0.478 e. The molecule has 0 aliphatic carbocycles. The van der Waals surface area contributed by atoms with Gasteiger partial charge in [0.1, 0.15) is 0 Å². The van der Waals surface area contributed by atoms with Crippen LogP contribution >= 0.6 is 0 Å². The molecule has 1 aliphatic rings. The third-order valence-corrected chi connectivity index (χ3v) is 4.01. The second-order valence-electron chi connectivity index (χ2n) is 5.77. The van der Waals surface area contributed by atoms with Gasteiger partial charge in [-0.25, -0.2) is 9.59 Å². The molecule has 2 rings (SSSR count). The van der Waals surface area contributed by atoms with Crippen molar-refractivity contribution >= 4 is 12.0 Å². The SMILES string of the molecule is CCOCC1CCCN(C(=O)NCc2ccc(C(=O)O)cc2)C1. The molecule has 1 aromatic rings. The van der Waals surface area contributed by atoms with Crippen molar-refractivity contribution in [3.8, 4) is 0 Å². The fourth-order valence-corrected chi connectivity index (χ4v) is 2.72. The number of carbonyl (C=O) groups excluding carboxylic acids is 1. The zero-order valence-corrected chi connectivity index (χ0v) is 13.5. The van der Waals surface area contributed by atoms with Crippen molar-refractivity contribution in [1.82, 2.24) is 10.2 Å². The van der Waals surface area contributed by atoms with Crippen molar-refractivity contribution in [2.24, 2.45) is 5.92 Å². The van der Waals surface area contributed by atoms with Gasteiger partial charge in [0.2, 0.25) is 0 Å². The molecule has 2 amide bonds. The molecule has 1 saturated heterocycles. The number of rotatable bonds is 6. The number of hydrogen-bond acceptors (Lipinski definition) is 3. The van der Waals surface area contributed by atoms with E-state index in [1.807, 2.05) is 11.8 Å². The van der Waals surface area contributed by atoms with Crippen LogP contribution in [0.15, 0.2) is 24.3 Å². The summed E-state index contributed by atoms with van der Waals surface area (Å²) >= 11 is 0. The first-order valence-electron chi connectivity index (χ1n) is 8.03. The summed E-state index contributed by atoms with van der Waals surface area (Å²) < 4.78 is 5.45. The predicted octanol–water partition coefficient (Wildman–Crippen LogP) is 2.34. The van der Waals surface area contributed by atoms with Crippen LogP contribution in [0, 0.1) is 5.92 Å². The van der Waals surface area contributed by atoms with Crippen LogP contribution in [-0.4, -0.2) is 48.3 Å². The van der Waals surface area contributed by atoms with E-state index in [4.69, 9.17) is 9.84 Å². The van der Waals surface area contributed by atoms with Crippen LogP contribution in [0.4, 0.5) is 4.79 Å². The number of likely N-dealkylation sites (tertiary alicyclic amines) is 1. The standard InChI is InChI=1S/C17H24N2O4/c1-2-23-12-14-4-3-9-19(11-14)17(22)18-10-13-5-7-15(8-6-13)16(20)21/h5-8,14H,2-4,9-12H2,1H3,(H,18,22)(H,20,21). The molecule has 1 aliphatic heterocycles. The Labute approximate surface area is 136 Å². The molecule has 1 unspecified atom stereocenters. The smallest absolute Gasteiger partial charge is 0.335 e. The van der Waals surface area contributed by atoms with Gasteiger partial charge < -0.3 is 20.1 Å². The maximum atomic E-state index is 12.2. The van der Waals surface area contributed by atoms with Crippen molar-refractivity contribution in [3.63, 3.8) is 0 Å². The summed E-state index contributed by atoms with van der Waals surface area (Å²) in [5, 5.41) is 11.8. The van der Waals surface area contributed by atoms with Crippen LogP contribution in [-0.2, 0) is 11.3 Å². The molecular formula is C17H24N2O4. The highest BCUT2D eigenvalue weighted by molar-refractivity contribution is 5.87. The molecule has 1 aromatic carbocycles. The lowest BCUT2D eigenvalue weighted by Gasteiger charge is -2.32. The van der Waals surface area contributed by atoms with Crippen molar-refractivity contribution < 1.29 is 19.4 Å². The molecule has 1 heterocycles. The molecule has 0 spiro atoms. The second-order valence-corrected chi connectivity index (χ2v) is 5.77. The highest BCUT2D eigenvalue weighted by Gasteiger charge is 2.23. The highest BCUT2D eigenvalue weighted by Crippen LogP contribution is 2.17. The maximum absolute atomic E-state index is 12.2. The minimum atomic E-state index is -0.950. The molecule has 23 heavy (non-hydrogen) atoms. The molecule has 0 bridgehead atoms. The van der Waals surface area contributed by atoms with E-state index in [1.165, 1.54) is 0 Å². The molecular weight excluding hydrogens is 296 g/mol. The van der Waals surface area contributed by atoms with Crippen molar-refractivity contribution in [2.45, 2.75) is 26.3 Å². The second kappa shape index (κ2) is 8.53. The number of piperidine rings is 1. The van der Waals surface area contributed by atoms with Gasteiger partial charge in [0.25, 0.3) is 0 Å². The third-order valence-electron chi connectivity index (χ3n) is 4.01. The average molecular weight is 320 g/mol. The number of urea groups is 1. The molecule has 1 atom stereocenters. The number of aromatic carboxylic acids is 1. The number of ether oxygens (including phenoxy) is 1. The summed E-state index contributed by atoms with van der Waals surface area (Å²) in [6.45, 7) is 5.27. The Morgan fingerprint density at radius 3 is 2.74 bits per heavy atom. The number of carboxylic acid groups (broad SMARTS) is 1. The Kier molecular flexibility index (Phi) is 6.40. The van der Waals surface area contributed by atoms with Gasteiger partial charge in [0.15, 0.2) is 0 Å². The Morgan fingerprint density at radius 1 is 1.35 bits per heavy atom. The van der Waals surface area contributed by atoms with E-state index in [-0.39, 0.29) is 11.6 Å². The van der Waals surface area contributed by atoms with Crippen molar-refractivity contribution in [2.75, 3.05) is 26.3 Å². The van der Waals surface area contributed by atoms with Gasteiger partial charge in [-0.3, -0.25) is 0 Å². The van der Waals surface area contributed by atoms with Gasteiger partial charge in [0, 0.05) is 32.2 Å². The van der Waals surface area contributed by atoms with E-state index in [0.29, 0.717) is 25.7 Å². The normalized spacial score (nSPS) is 17.8. The van der Waals surface area contributed by atoms with Gasteiger partial charge in [-0.1, -0.05) is 12.1 Å². The summed E-state index contributed by atoms with van der Waals surface area (Å²) in [5.74, 6) is -0.543. The summed E-state index contributed by atoms with van der Waals surface area (Å²) in [5.41, 5.74) is 1.13. The number of nitrogens with one attached hydrogen (secondary N) is 1. The van der Waals surface area contributed by atoms with Crippen LogP contribution < -0.4 is 5.32 Å². The Hall–Kier alpha value is -2.08. The Balaban J connectivity index is 1.80. The van der Waals surface area contributed by atoms with Gasteiger partial charge in [-0.2, -0.15) is 0 Å². The summed E-state index contributed by atoms with van der Waals surface area (Å²) in [7, 11) is 0. The summed E-state index contributed by atoms with van der Waals surface area (Å²) in [6.07, 6.45) is 2.10. The molecule has 0 aromatic heterocycles. The number of nitrogens with zero attached hydrogens (tertiary/aromatic N) is 1. The molecule has 126 valence electrons. The minimum absolute atomic E-state index is 0.0755. The zero-order valence-electron chi connectivity index (χ0n) is 13.5. The molecule has 0 radical (unpaired) electrons. The summed E-state index contributed by atoms with van der Waals surface area (Å²) in [4.78, 5) is 24.9. The maximum Gasteiger partial charge on any atom is 0.335 e. The lowest BCUT2D eigenvalue weighted by atomic mass is 9.99. The lowest BCUT2D eigenvalue weighted by Crippen LogP contribution is -2.46. The lowest BCUT2D eigenvalue weighted by molar-refractivity contribution is 0.0696. The Bertz CT molecular complexity index is 530. The monoisotopic (exact) mass is 320 g/mol. The van der Waals surface area contributed by atoms with Crippen LogP contribution in [0.2, 0.25) is 0 Å². The number of benzene rings is 1. The van der Waals surface area contributed by atoms with Gasteiger partial charge in [0.05, 0.1) is 12.2 Å². The van der Waals surface area contributed by atoms with Gasteiger partial charge in [-0.15, -0.1) is 0 Å². The first-order valence-corrected chi connectivity index (χ1v) is 8.03. The fraction of sp³-hybridized carbons (Fsp3) is 0.529. The summed E-state index contributed by atoms with van der Waals surface area (Å²) in [6, 6.07) is 6.45. The van der Waals surface area contributed by atoms with Crippen molar-refractivity contribution in [3.05, 3.63) is 35.4 Å². The molecule has 6 heteroatoms. The minimum Gasteiger partial charge on any atom is -0.478 e. The van der Waals surface area contributed by atoms with E-state index in [2.05, 4.69) is 5.32 Å².